The number of amides is 2. The molecule has 0 spiro atoms. The monoisotopic (exact) mass is 380 g/mol. The Hall–Kier alpha value is -1.47. The average molecular weight is 381 g/mol. The lowest BCUT2D eigenvalue weighted by Gasteiger charge is -2.32. The van der Waals surface area contributed by atoms with Gasteiger partial charge in [0.15, 0.2) is 0 Å². The fourth-order valence-corrected chi connectivity index (χ4v) is 3.88. The molecule has 2 rings (SSSR count). The Balaban J connectivity index is 1.78. The number of hydrogen-bond acceptors (Lipinski definition) is 5. The number of Topliss-reactive ketones (excluding diaryl/α,β-unsaturated/α-hetero) is 1. The second-order valence-electron chi connectivity index (χ2n) is 8.07. The van der Waals surface area contributed by atoms with Crippen LogP contribution >= 0.6 is 0 Å². The van der Waals surface area contributed by atoms with Crippen molar-refractivity contribution in [2.45, 2.75) is 57.9 Å². The molecular formula is C20H36N4O3. The van der Waals surface area contributed by atoms with Gasteiger partial charge in [-0.3, -0.25) is 19.3 Å². The zero-order chi connectivity index (χ0) is 19.6. The van der Waals surface area contributed by atoms with E-state index < -0.39 is 17.7 Å². The quantitative estimate of drug-likeness (QED) is 0.578. The fraction of sp³-hybridized carbons (Fsp3) is 0.850. The third-order valence-corrected chi connectivity index (χ3v) is 5.69. The molecule has 0 aromatic carbocycles. The van der Waals surface area contributed by atoms with Gasteiger partial charge in [-0.15, -0.1) is 0 Å². The van der Waals surface area contributed by atoms with E-state index >= 15 is 0 Å². The first-order valence-electron chi connectivity index (χ1n) is 10.5. The molecule has 1 heterocycles. The largest absolute Gasteiger partial charge is 0.349 e. The van der Waals surface area contributed by atoms with E-state index in [0.29, 0.717) is 18.9 Å². The van der Waals surface area contributed by atoms with Gasteiger partial charge in [-0.05, 0) is 32.2 Å². The summed E-state index contributed by atoms with van der Waals surface area (Å²) in [6.45, 7) is 6.37. The summed E-state index contributed by atoms with van der Waals surface area (Å²) < 4.78 is 0. The Bertz CT molecular complexity index is 497. The van der Waals surface area contributed by atoms with Gasteiger partial charge in [-0.1, -0.05) is 32.6 Å². The number of ketones is 1. The topological polar surface area (TPSA) is 81.8 Å². The van der Waals surface area contributed by atoms with Crippen LogP contribution in [0.4, 0.5) is 0 Å². The van der Waals surface area contributed by atoms with Crippen molar-refractivity contribution in [2.75, 3.05) is 46.3 Å². The first kappa shape index (κ1) is 21.8. The van der Waals surface area contributed by atoms with Crippen molar-refractivity contribution in [1.29, 1.82) is 0 Å². The van der Waals surface area contributed by atoms with Gasteiger partial charge in [0, 0.05) is 32.7 Å². The van der Waals surface area contributed by atoms with Gasteiger partial charge >= 0.3 is 0 Å². The van der Waals surface area contributed by atoms with Gasteiger partial charge in [0.2, 0.25) is 11.7 Å². The second-order valence-corrected chi connectivity index (χ2v) is 8.07. The van der Waals surface area contributed by atoms with Gasteiger partial charge in [0.25, 0.3) is 5.91 Å². The van der Waals surface area contributed by atoms with Crippen molar-refractivity contribution in [3.8, 4) is 0 Å². The van der Waals surface area contributed by atoms with Crippen LogP contribution in [0.15, 0.2) is 0 Å². The third kappa shape index (κ3) is 7.58. The molecule has 1 saturated carbocycles. The van der Waals surface area contributed by atoms with Crippen molar-refractivity contribution in [3.05, 3.63) is 0 Å². The SMILES string of the molecule is CCCC(NC(=O)CN1CCN(C)CC1)C(=O)C(=O)NCC1CCCCC1. The summed E-state index contributed by atoms with van der Waals surface area (Å²) in [5, 5.41) is 5.59. The van der Waals surface area contributed by atoms with Crippen molar-refractivity contribution in [1.82, 2.24) is 20.4 Å². The smallest absolute Gasteiger partial charge is 0.289 e. The molecule has 1 aliphatic heterocycles. The van der Waals surface area contributed by atoms with Crippen LogP contribution in [0, 0.1) is 5.92 Å². The lowest BCUT2D eigenvalue weighted by Crippen LogP contribution is -2.52. The minimum Gasteiger partial charge on any atom is -0.349 e. The van der Waals surface area contributed by atoms with Crippen LogP contribution in [0.1, 0.15) is 51.9 Å². The number of hydrogen-bond donors (Lipinski definition) is 2. The highest BCUT2D eigenvalue weighted by molar-refractivity contribution is 6.38. The van der Waals surface area contributed by atoms with Crippen LogP contribution in [0.3, 0.4) is 0 Å². The highest BCUT2D eigenvalue weighted by atomic mass is 16.2. The Kier molecular flexibility index (Phi) is 9.21. The van der Waals surface area contributed by atoms with Crippen molar-refractivity contribution >= 4 is 17.6 Å². The van der Waals surface area contributed by atoms with Gasteiger partial charge in [0.05, 0.1) is 12.6 Å². The standard InChI is InChI=1S/C20H36N4O3/c1-3-7-17(22-18(25)15-24-12-10-23(2)11-13-24)19(26)20(27)21-14-16-8-5-4-6-9-16/h16-17H,3-15H2,1-2H3,(H,21,27)(H,22,25). The average Bonchev–Trinajstić information content (AvgIpc) is 2.68. The van der Waals surface area contributed by atoms with E-state index in [1.165, 1.54) is 19.3 Å². The zero-order valence-corrected chi connectivity index (χ0v) is 17.0. The molecule has 0 aromatic rings. The van der Waals surface area contributed by atoms with E-state index in [1.54, 1.807) is 0 Å². The Morgan fingerprint density at radius 3 is 2.33 bits per heavy atom. The van der Waals surface area contributed by atoms with E-state index in [2.05, 4.69) is 27.5 Å². The number of rotatable bonds is 9. The van der Waals surface area contributed by atoms with Gasteiger partial charge < -0.3 is 15.5 Å². The molecular weight excluding hydrogens is 344 g/mol. The molecule has 1 aliphatic carbocycles. The molecule has 2 amide bonds. The summed E-state index contributed by atoms with van der Waals surface area (Å²) in [6, 6.07) is -0.721. The van der Waals surface area contributed by atoms with E-state index in [9.17, 15) is 14.4 Å². The molecule has 1 unspecified atom stereocenters. The molecule has 1 saturated heterocycles. The predicted molar refractivity (Wildman–Crippen MR) is 105 cm³/mol. The van der Waals surface area contributed by atoms with Crippen LogP contribution in [0.2, 0.25) is 0 Å². The van der Waals surface area contributed by atoms with Crippen LogP contribution in [0.25, 0.3) is 0 Å². The summed E-state index contributed by atoms with van der Waals surface area (Å²) in [6.07, 6.45) is 7.14. The van der Waals surface area contributed by atoms with Crippen LogP contribution in [-0.2, 0) is 14.4 Å². The molecule has 0 aromatic heterocycles. The van der Waals surface area contributed by atoms with E-state index in [-0.39, 0.29) is 12.5 Å². The van der Waals surface area contributed by atoms with E-state index in [4.69, 9.17) is 0 Å². The van der Waals surface area contributed by atoms with Crippen molar-refractivity contribution in [2.24, 2.45) is 5.92 Å². The molecule has 2 N–H and O–H groups in total. The molecule has 7 heteroatoms. The highest BCUT2D eigenvalue weighted by Gasteiger charge is 2.27. The summed E-state index contributed by atoms with van der Waals surface area (Å²) in [5.41, 5.74) is 0. The van der Waals surface area contributed by atoms with Crippen molar-refractivity contribution in [3.63, 3.8) is 0 Å². The van der Waals surface area contributed by atoms with Gasteiger partial charge in [-0.25, -0.2) is 0 Å². The summed E-state index contributed by atoms with van der Waals surface area (Å²) in [4.78, 5) is 41.5. The number of carbonyl (C=O) groups excluding carboxylic acids is 3. The third-order valence-electron chi connectivity index (χ3n) is 5.69. The molecule has 0 bridgehead atoms. The fourth-order valence-electron chi connectivity index (χ4n) is 3.88. The first-order valence-corrected chi connectivity index (χ1v) is 10.5. The highest BCUT2D eigenvalue weighted by Crippen LogP contribution is 2.22. The Labute approximate surface area is 163 Å². The van der Waals surface area contributed by atoms with Crippen LogP contribution in [0.5, 0.6) is 0 Å². The summed E-state index contributed by atoms with van der Waals surface area (Å²) >= 11 is 0. The van der Waals surface area contributed by atoms with E-state index in [0.717, 1.165) is 45.4 Å². The minimum atomic E-state index is -0.721. The van der Waals surface area contributed by atoms with Gasteiger partial charge in [-0.2, -0.15) is 0 Å². The maximum absolute atomic E-state index is 12.5. The molecule has 154 valence electrons. The summed E-state index contributed by atoms with van der Waals surface area (Å²) in [7, 11) is 2.07. The maximum atomic E-state index is 12.5. The molecule has 1 atom stereocenters. The number of nitrogens with one attached hydrogen (secondary N) is 2. The second kappa shape index (κ2) is 11.4. The lowest BCUT2D eigenvalue weighted by atomic mass is 9.89. The molecule has 27 heavy (non-hydrogen) atoms. The van der Waals surface area contributed by atoms with Crippen LogP contribution in [-0.4, -0.2) is 79.8 Å². The molecule has 0 radical (unpaired) electrons. The molecule has 2 fully saturated rings. The minimum absolute atomic E-state index is 0.175. The number of nitrogens with zero attached hydrogens (tertiary/aromatic N) is 2. The Morgan fingerprint density at radius 1 is 1.04 bits per heavy atom. The number of likely N-dealkylation sites (N-methyl/N-ethyl adjacent to an activating group) is 1. The normalized spacial score (nSPS) is 20.8. The number of carbonyl (C=O) groups is 3. The number of piperazine rings is 1. The molecule has 2 aliphatic rings. The van der Waals surface area contributed by atoms with E-state index in [1.807, 2.05) is 6.92 Å². The lowest BCUT2D eigenvalue weighted by molar-refractivity contribution is -0.140. The zero-order valence-electron chi connectivity index (χ0n) is 17.0. The predicted octanol–water partition coefficient (Wildman–Crippen LogP) is 0.784. The van der Waals surface area contributed by atoms with Crippen molar-refractivity contribution < 1.29 is 14.4 Å². The van der Waals surface area contributed by atoms with Gasteiger partial charge in [0.1, 0.15) is 0 Å². The Morgan fingerprint density at radius 2 is 1.70 bits per heavy atom. The molecule has 7 nitrogen and oxygen atoms in total. The summed E-state index contributed by atoms with van der Waals surface area (Å²) in [5.74, 6) is -0.767. The maximum Gasteiger partial charge on any atom is 0.289 e. The first-order chi connectivity index (χ1) is 13.0. The van der Waals surface area contributed by atoms with Crippen LogP contribution < -0.4 is 10.6 Å².